The molecule has 0 aliphatic carbocycles. The zero-order valence-electron chi connectivity index (χ0n) is 8.12. The average molecular weight is 211 g/mol. The molecule has 0 saturated carbocycles. The van der Waals surface area contributed by atoms with Gasteiger partial charge in [0, 0.05) is 0 Å². The highest BCUT2D eigenvalue weighted by molar-refractivity contribution is 5.69. The number of carbonyl (C=O) groups is 1. The number of nitrogens with one attached hydrogen (secondary N) is 1. The Bertz CT molecular complexity index is 394. The quantitative estimate of drug-likeness (QED) is 0.808. The Labute approximate surface area is 86.0 Å². The van der Waals surface area contributed by atoms with Crippen LogP contribution in [0, 0.1) is 5.82 Å². The molecule has 1 aliphatic rings. The third-order valence-electron chi connectivity index (χ3n) is 2.23. The van der Waals surface area contributed by atoms with Gasteiger partial charge in [0.2, 0.25) is 0 Å². The molecule has 1 amide bonds. The van der Waals surface area contributed by atoms with Crippen LogP contribution >= 0.6 is 0 Å². The Hall–Kier alpha value is -1.78. The van der Waals surface area contributed by atoms with Gasteiger partial charge in [-0.3, -0.25) is 0 Å². The number of rotatable bonds is 2. The molecule has 4 nitrogen and oxygen atoms in total. The van der Waals surface area contributed by atoms with E-state index in [0.717, 1.165) is 0 Å². The van der Waals surface area contributed by atoms with Crippen molar-refractivity contribution in [3.8, 4) is 5.75 Å². The van der Waals surface area contributed by atoms with Gasteiger partial charge in [0.05, 0.1) is 13.7 Å². The first-order valence-corrected chi connectivity index (χ1v) is 4.48. The molecule has 1 N–H and O–H groups in total. The van der Waals surface area contributed by atoms with Gasteiger partial charge in [0.1, 0.15) is 6.10 Å². The summed E-state index contributed by atoms with van der Waals surface area (Å²) >= 11 is 0. The van der Waals surface area contributed by atoms with E-state index in [9.17, 15) is 9.18 Å². The standard InChI is InChI=1S/C10H10FNO3/c1-14-8-3-2-6(4-7(8)11)9-5-12-10(13)15-9/h2-4,9H,5H2,1H3,(H,12,13). The number of ether oxygens (including phenoxy) is 2. The Balaban J connectivity index is 2.22. The van der Waals surface area contributed by atoms with Crippen molar-refractivity contribution in [3.63, 3.8) is 0 Å². The first-order valence-electron chi connectivity index (χ1n) is 4.48. The lowest BCUT2D eigenvalue weighted by atomic mass is 10.1. The molecule has 0 aromatic heterocycles. The Morgan fingerprint density at radius 1 is 1.60 bits per heavy atom. The monoisotopic (exact) mass is 211 g/mol. The van der Waals surface area contributed by atoms with Gasteiger partial charge in [-0.05, 0) is 17.7 Å². The first kappa shape index (κ1) is 9.76. The second kappa shape index (κ2) is 3.76. The molecule has 15 heavy (non-hydrogen) atoms. The van der Waals surface area contributed by atoms with Crippen LogP contribution < -0.4 is 10.1 Å². The third kappa shape index (κ3) is 1.86. The van der Waals surface area contributed by atoms with Crippen LogP contribution in [0.3, 0.4) is 0 Å². The van der Waals surface area contributed by atoms with Crippen molar-refractivity contribution in [3.05, 3.63) is 29.6 Å². The summed E-state index contributed by atoms with van der Waals surface area (Å²) in [6, 6.07) is 4.49. The van der Waals surface area contributed by atoms with Crippen molar-refractivity contribution in [2.24, 2.45) is 0 Å². The van der Waals surface area contributed by atoms with Crippen molar-refractivity contribution in [1.29, 1.82) is 0 Å². The number of carbonyl (C=O) groups excluding carboxylic acids is 1. The Morgan fingerprint density at radius 2 is 2.40 bits per heavy atom. The van der Waals surface area contributed by atoms with E-state index in [2.05, 4.69) is 5.32 Å². The van der Waals surface area contributed by atoms with Crippen LogP contribution in [0.25, 0.3) is 0 Å². The SMILES string of the molecule is COc1ccc(C2CNC(=O)O2)cc1F. The lowest BCUT2D eigenvalue weighted by molar-refractivity contribution is 0.141. The predicted molar refractivity (Wildman–Crippen MR) is 50.2 cm³/mol. The molecule has 0 spiro atoms. The van der Waals surface area contributed by atoms with Crippen molar-refractivity contribution in [1.82, 2.24) is 5.32 Å². The zero-order valence-corrected chi connectivity index (χ0v) is 8.12. The molecule has 1 aromatic carbocycles. The van der Waals surface area contributed by atoms with E-state index >= 15 is 0 Å². The molecule has 5 heteroatoms. The maximum Gasteiger partial charge on any atom is 0.407 e. The number of benzene rings is 1. The highest BCUT2D eigenvalue weighted by Crippen LogP contribution is 2.25. The minimum absolute atomic E-state index is 0.177. The van der Waals surface area contributed by atoms with E-state index in [4.69, 9.17) is 9.47 Å². The number of halogens is 1. The molecule has 0 bridgehead atoms. The molecule has 80 valence electrons. The topological polar surface area (TPSA) is 47.6 Å². The van der Waals surface area contributed by atoms with Gasteiger partial charge in [-0.15, -0.1) is 0 Å². The lowest BCUT2D eigenvalue weighted by Crippen LogP contribution is -2.12. The van der Waals surface area contributed by atoms with Gasteiger partial charge in [-0.1, -0.05) is 6.07 Å². The largest absolute Gasteiger partial charge is 0.494 e. The lowest BCUT2D eigenvalue weighted by Gasteiger charge is -2.09. The maximum absolute atomic E-state index is 13.3. The second-order valence-electron chi connectivity index (χ2n) is 3.17. The van der Waals surface area contributed by atoms with Gasteiger partial charge in [-0.2, -0.15) is 0 Å². The van der Waals surface area contributed by atoms with Gasteiger partial charge < -0.3 is 14.8 Å². The first-order chi connectivity index (χ1) is 7.20. The molecular formula is C10H10FNO3. The molecule has 1 saturated heterocycles. The summed E-state index contributed by atoms with van der Waals surface area (Å²) in [5, 5.41) is 2.50. The molecule has 1 atom stereocenters. The van der Waals surface area contributed by atoms with E-state index in [1.807, 2.05) is 0 Å². The van der Waals surface area contributed by atoms with Crippen LogP contribution in [0.2, 0.25) is 0 Å². The number of cyclic esters (lactones) is 1. The fourth-order valence-corrected chi connectivity index (χ4v) is 1.46. The van der Waals surface area contributed by atoms with Crippen LogP contribution in [0.5, 0.6) is 5.75 Å². The summed E-state index contributed by atoms with van der Waals surface area (Å²) in [5.41, 5.74) is 0.617. The Morgan fingerprint density at radius 3 is 2.93 bits per heavy atom. The summed E-state index contributed by atoms with van der Waals surface area (Å²) in [4.78, 5) is 10.8. The van der Waals surface area contributed by atoms with Gasteiger partial charge in [-0.25, -0.2) is 9.18 Å². The van der Waals surface area contributed by atoms with E-state index in [1.54, 1.807) is 6.07 Å². The van der Waals surface area contributed by atoms with Crippen LogP contribution in [0.15, 0.2) is 18.2 Å². The van der Waals surface area contributed by atoms with E-state index in [-0.39, 0.29) is 5.75 Å². The summed E-state index contributed by atoms with van der Waals surface area (Å²) < 4.78 is 23.0. The number of hydrogen-bond acceptors (Lipinski definition) is 3. The summed E-state index contributed by atoms with van der Waals surface area (Å²) in [6.07, 6.45) is -0.894. The van der Waals surface area contributed by atoms with Gasteiger partial charge in [0.25, 0.3) is 0 Å². The number of methoxy groups -OCH3 is 1. The van der Waals surface area contributed by atoms with Crippen molar-refractivity contribution < 1.29 is 18.7 Å². The normalized spacial score (nSPS) is 19.6. The molecule has 1 fully saturated rings. The molecule has 2 rings (SSSR count). The van der Waals surface area contributed by atoms with E-state index in [0.29, 0.717) is 12.1 Å². The number of amides is 1. The van der Waals surface area contributed by atoms with E-state index in [1.165, 1.54) is 19.2 Å². The smallest absolute Gasteiger partial charge is 0.407 e. The van der Waals surface area contributed by atoms with Crippen molar-refractivity contribution in [2.75, 3.05) is 13.7 Å². The van der Waals surface area contributed by atoms with Gasteiger partial charge >= 0.3 is 6.09 Å². The minimum Gasteiger partial charge on any atom is -0.494 e. The van der Waals surface area contributed by atoms with Crippen LogP contribution in [-0.4, -0.2) is 19.7 Å². The minimum atomic E-state index is -0.476. The summed E-state index contributed by atoms with van der Waals surface area (Å²) in [7, 11) is 1.40. The number of hydrogen-bond donors (Lipinski definition) is 1. The predicted octanol–water partition coefficient (Wildman–Crippen LogP) is 1.62. The van der Waals surface area contributed by atoms with Gasteiger partial charge in [0.15, 0.2) is 11.6 Å². The highest BCUT2D eigenvalue weighted by Gasteiger charge is 2.24. The Kier molecular flexibility index (Phi) is 2.45. The third-order valence-corrected chi connectivity index (χ3v) is 2.23. The summed E-state index contributed by atoms with van der Waals surface area (Å²) in [5.74, 6) is -0.283. The maximum atomic E-state index is 13.3. The van der Waals surface area contributed by atoms with Crippen molar-refractivity contribution >= 4 is 6.09 Å². The van der Waals surface area contributed by atoms with Crippen molar-refractivity contribution in [2.45, 2.75) is 6.10 Å². The fourth-order valence-electron chi connectivity index (χ4n) is 1.46. The molecule has 1 unspecified atom stereocenters. The fraction of sp³-hybridized carbons (Fsp3) is 0.300. The summed E-state index contributed by atoms with van der Waals surface area (Å²) in [6.45, 7) is 0.366. The number of alkyl carbamates (subject to hydrolysis) is 1. The molecule has 0 radical (unpaired) electrons. The van der Waals surface area contributed by atoms with E-state index < -0.39 is 18.0 Å². The second-order valence-corrected chi connectivity index (χ2v) is 3.17. The molecule has 1 aliphatic heterocycles. The average Bonchev–Trinajstić information content (AvgIpc) is 2.65. The van der Waals surface area contributed by atoms with Crippen LogP contribution in [0.1, 0.15) is 11.7 Å². The molecule has 1 aromatic rings. The highest BCUT2D eigenvalue weighted by atomic mass is 19.1. The molecular weight excluding hydrogens is 201 g/mol. The molecule has 1 heterocycles. The zero-order chi connectivity index (χ0) is 10.8. The van der Waals surface area contributed by atoms with Crippen LogP contribution in [0.4, 0.5) is 9.18 Å². The van der Waals surface area contributed by atoms with Crippen LogP contribution in [-0.2, 0) is 4.74 Å².